The van der Waals surface area contributed by atoms with Gasteiger partial charge in [0.1, 0.15) is 12.4 Å². The van der Waals surface area contributed by atoms with Gasteiger partial charge in [0, 0.05) is 15.9 Å². The summed E-state index contributed by atoms with van der Waals surface area (Å²) < 4.78 is 21.3. The van der Waals surface area contributed by atoms with E-state index in [0.717, 1.165) is 5.75 Å². The van der Waals surface area contributed by atoms with Crippen LogP contribution in [0.15, 0.2) is 24.3 Å². The number of benzene rings is 1. The Morgan fingerprint density at radius 3 is 2.00 bits per heavy atom. The molecule has 0 fully saturated rings. The minimum Gasteiger partial charge on any atom is -0.491 e. The zero-order chi connectivity index (χ0) is 16.0. The molecule has 0 bridgehead atoms. The maximum Gasteiger partial charge on any atom is 0.119 e. The first kappa shape index (κ1) is 19.2. The van der Waals surface area contributed by atoms with Crippen molar-refractivity contribution in [3.8, 4) is 5.75 Å². The third-order valence-corrected chi connectivity index (χ3v) is 4.39. The van der Waals surface area contributed by atoms with Crippen LogP contribution < -0.4 is 4.74 Å². The standard InChI is InChI=1S/C17H29O4Si/c1-18-9-10-19-11-12-20-13-14-21-17-6-4-16(5-7-17)8-15-22(2)3/h4-7H,8-15H2,1-3H3. The third kappa shape index (κ3) is 9.95. The molecule has 4 nitrogen and oxygen atoms in total. The van der Waals surface area contributed by atoms with E-state index < -0.39 is 0 Å². The van der Waals surface area contributed by atoms with E-state index in [9.17, 15) is 0 Å². The summed E-state index contributed by atoms with van der Waals surface area (Å²) in [7, 11) is 1.52. The largest absolute Gasteiger partial charge is 0.491 e. The highest BCUT2D eigenvalue weighted by atomic mass is 28.3. The summed E-state index contributed by atoms with van der Waals surface area (Å²) >= 11 is 0. The van der Waals surface area contributed by atoms with Crippen LogP contribution in [0.4, 0.5) is 0 Å². The molecule has 0 heterocycles. The van der Waals surface area contributed by atoms with Gasteiger partial charge in [0.05, 0.1) is 33.0 Å². The predicted octanol–water partition coefficient (Wildman–Crippen LogP) is 3.04. The molecule has 0 aromatic heterocycles. The Morgan fingerprint density at radius 1 is 0.818 bits per heavy atom. The van der Waals surface area contributed by atoms with E-state index in [2.05, 4.69) is 25.2 Å². The number of hydrogen-bond donors (Lipinski definition) is 0. The molecule has 22 heavy (non-hydrogen) atoms. The quantitative estimate of drug-likeness (QED) is 0.413. The molecule has 0 atom stereocenters. The number of hydrogen-bond acceptors (Lipinski definition) is 4. The molecule has 0 saturated carbocycles. The maximum atomic E-state index is 5.65. The van der Waals surface area contributed by atoms with Gasteiger partial charge in [-0.25, -0.2) is 0 Å². The van der Waals surface area contributed by atoms with Crippen molar-refractivity contribution in [1.29, 1.82) is 0 Å². The zero-order valence-electron chi connectivity index (χ0n) is 14.1. The lowest BCUT2D eigenvalue weighted by atomic mass is 10.2. The van der Waals surface area contributed by atoms with Crippen molar-refractivity contribution in [2.75, 3.05) is 46.8 Å². The SMILES string of the molecule is COCCOCCOCCOc1ccc(CC[Si](C)C)cc1. The van der Waals surface area contributed by atoms with Gasteiger partial charge in [-0.2, -0.15) is 0 Å². The van der Waals surface area contributed by atoms with Gasteiger partial charge < -0.3 is 18.9 Å². The van der Waals surface area contributed by atoms with Crippen molar-refractivity contribution in [1.82, 2.24) is 0 Å². The second kappa shape index (κ2) is 12.6. The van der Waals surface area contributed by atoms with Gasteiger partial charge in [-0.3, -0.25) is 0 Å². The molecule has 1 radical (unpaired) electrons. The van der Waals surface area contributed by atoms with Crippen LogP contribution in [0, 0.1) is 0 Å². The average molecular weight is 326 g/mol. The highest BCUT2D eigenvalue weighted by Crippen LogP contribution is 2.14. The normalized spacial score (nSPS) is 11.1. The fraction of sp³-hybridized carbons (Fsp3) is 0.647. The van der Waals surface area contributed by atoms with Crippen LogP contribution in [0.5, 0.6) is 5.75 Å². The Labute approximate surface area is 136 Å². The molecule has 5 heteroatoms. The number of rotatable bonds is 13. The van der Waals surface area contributed by atoms with E-state index in [1.54, 1.807) is 7.11 Å². The summed E-state index contributed by atoms with van der Waals surface area (Å²) in [6.45, 7) is 8.26. The highest BCUT2D eigenvalue weighted by molar-refractivity contribution is 6.55. The Hall–Kier alpha value is -0.883. The van der Waals surface area contributed by atoms with E-state index >= 15 is 0 Å². The molecule has 0 spiro atoms. The monoisotopic (exact) mass is 325 g/mol. The molecule has 0 aliphatic heterocycles. The summed E-state index contributed by atoms with van der Waals surface area (Å²) in [6.07, 6.45) is 1.17. The number of aryl methyl sites for hydroxylation is 1. The third-order valence-electron chi connectivity index (χ3n) is 3.14. The molecular formula is C17H29O4Si. The summed E-state index contributed by atoms with van der Waals surface area (Å²) in [6, 6.07) is 9.72. The van der Waals surface area contributed by atoms with Crippen molar-refractivity contribution >= 4 is 8.80 Å². The topological polar surface area (TPSA) is 36.9 Å². The van der Waals surface area contributed by atoms with Gasteiger partial charge in [-0.15, -0.1) is 0 Å². The molecule has 1 aromatic carbocycles. The van der Waals surface area contributed by atoms with Gasteiger partial charge in [0.2, 0.25) is 0 Å². The lowest BCUT2D eigenvalue weighted by molar-refractivity contribution is 0.0180. The minimum atomic E-state index is -0.137. The van der Waals surface area contributed by atoms with Crippen LogP contribution in [-0.2, 0) is 20.6 Å². The smallest absolute Gasteiger partial charge is 0.119 e. The molecule has 1 rings (SSSR count). The van der Waals surface area contributed by atoms with Crippen LogP contribution in [0.3, 0.4) is 0 Å². The van der Waals surface area contributed by atoms with Crippen molar-refractivity contribution in [2.24, 2.45) is 0 Å². The van der Waals surface area contributed by atoms with Crippen LogP contribution in [-0.4, -0.2) is 55.5 Å². The maximum absolute atomic E-state index is 5.65. The van der Waals surface area contributed by atoms with Crippen molar-refractivity contribution < 1.29 is 18.9 Å². The Bertz CT molecular complexity index is 367. The molecule has 0 N–H and O–H groups in total. The summed E-state index contributed by atoms with van der Waals surface area (Å²) in [5.41, 5.74) is 1.39. The summed E-state index contributed by atoms with van der Waals surface area (Å²) in [4.78, 5) is 0. The summed E-state index contributed by atoms with van der Waals surface area (Å²) in [5, 5.41) is 0. The first-order valence-electron chi connectivity index (χ1n) is 7.87. The fourth-order valence-corrected chi connectivity index (χ4v) is 2.62. The van der Waals surface area contributed by atoms with Gasteiger partial charge >= 0.3 is 0 Å². The molecule has 0 unspecified atom stereocenters. The molecule has 125 valence electrons. The van der Waals surface area contributed by atoms with Crippen LogP contribution in [0.1, 0.15) is 5.56 Å². The lowest BCUT2D eigenvalue weighted by Gasteiger charge is -2.09. The molecule has 0 aliphatic rings. The van der Waals surface area contributed by atoms with Crippen molar-refractivity contribution in [2.45, 2.75) is 25.6 Å². The zero-order valence-corrected chi connectivity index (χ0v) is 15.1. The predicted molar refractivity (Wildman–Crippen MR) is 91.4 cm³/mol. The molecule has 0 amide bonds. The van der Waals surface area contributed by atoms with Crippen LogP contribution >= 0.6 is 0 Å². The average Bonchev–Trinajstić information content (AvgIpc) is 2.52. The number of ether oxygens (including phenoxy) is 4. The first-order valence-corrected chi connectivity index (χ1v) is 10.6. The van der Waals surface area contributed by atoms with Crippen LogP contribution in [0.25, 0.3) is 0 Å². The first-order chi connectivity index (χ1) is 10.7. The highest BCUT2D eigenvalue weighted by Gasteiger charge is 1.99. The van der Waals surface area contributed by atoms with E-state index in [1.807, 2.05) is 12.1 Å². The van der Waals surface area contributed by atoms with Crippen molar-refractivity contribution in [3.05, 3.63) is 29.8 Å². The van der Waals surface area contributed by atoms with E-state index in [1.165, 1.54) is 18.0 Å². The van der Waals surface area contributed by atoms with E-state index in [-0.39, 0.29) is 8.80 Å². The Kier molecular flexibility index (Phi) is 11.0. The molecular weight excluding hydrogens is 296 g/mol. The minimum absolute atomic E-state index is 0.137. The second-order valence-electron chi connectivity index (χ2n) is 5.42. The van der Waals surface area contributed by atoms with Gasteiger partial charge in [-0.05, 0) is 24.1 Å². The van der Waals surface area contributed by atoms with Crippen molar-refractivity contribution in [3.63, 3.8) is 0 Å². The fourth-order valence-electron chi connectivity index (χ4n) is 1.83. The van der Waals surface area contributed by atoms with Crippen LogP contribution in [0.2, 0.25) is 19.1 Å². The second-order valence-corrected chi connectivity index (χ2v) is 8.33. The van der Waals surface area contributed by atoms with E-state index in [0.29, 0.717) is 39.6 Å². The van der Waals surface area contributed by atoms with E-state index in [4.69, 9.17) is 18.9 Å². The molecule has 0 aliphatic carbocycles. The Balaban J connectivity index is 2.03. The molecule has 0 saturated heterocycles. The van der Waals surface area contributed by atoms with Gasteiger partial charge in [0.25, 0.3) is 0 Å². The van der Waals surface area contributed by atoms with Gasteiger partial charge in [-0.1, -0.05) is 31.3 Å². The summed E-state index contributed by atoms with van der Waals surface area (Å²) in [5.74, 6) is 0.905. The van der Waals surface area contributed by atoms with Gasteiger partial charge in [0.15, 0.2) is 0 Å². The molecule has 1 aromatic rings. The number of methoxy groups -OCH3 is 1. The lowest BCUT2D eigenvalue weighted by Crippen LogP contribution is -2.12. The Morgan fingerprint density at radius 2 is 1.41 bits per heavy atom.